The molecule has 18 heavy (non-hydrogen) atoms. The number of nitrogens with one attached hydrogen (secondary N) is 1. The second kappa shape index (κ2) is 5.49. The highest BCUT2D eigenvalue weighted by Crippen LogP contribution is 2.11. The van der Waals surface area contributed by atoms with E-state index < -0.39 is 11.7 Å². The summed E-state index contributed by atoms with van der Waals surface area (Å²) in [7, 11) is 0. The maximum atomic E-state index is 13.7. The van der Waals surface area contributed by atoms with Gasteiger partial charge in [-0.1, -0.05) is 12.1 Å². The second-order valence-corrected chi connectivity index (χ2v) is 4.02. The third-order valence-electron chi connectivity index (χ3n) is 2.67. The summed E-state index contributed by atoms with van der Waals surface area (Å²) in [4.78, 5) is 11.8. The molecule has 0 aliphatic rings. The SMILES string of the molecule is Cc1cccc(C(=O)NCCc2ccco2)c1F. The van der Waals surface area contributed by atoms with E-state index in [1.165, 1.54) is 6.07 Å². The first-order valence-electron chi connectivity index (χ1n) is 5.74. The average molecular weight is 247 g/mol. The molecule has 3 nitrogen and oxygen atoms in total. The van der Waals surface area contributed by atoms with Gasteiger partial charge in [-0.05, 0) is 30.7 Å². The molecule has 0 aliphatic carbocycles. The number of amides is 1. The molecule has 4 heteroatoms. The van der Waals surface area contributed by atoms with Crippen LogP contribution in [0.1, 0.15) is 21.7 Å². The number of carbonyl (C=O) groups is 1. The van der Waals surface area contributed by atoms with Gasteiger partial charge in [-0.2, -0.15) is 0 Å². The molecule has 94 valence electrons. The molecule has 1 heterocycles. The van der Waals surface area contributed by atoms with Crippen LogP contribution in [-0.2, 0) is 6.42 Å². The predicted octanol–water partition coefficient (Wildman–Crippen LogP) is 2.70. The van der Waals surface area contributed by atoms with E-state index in [0.29, 0.717) is 18.5 Å². The van der Waals surface area contributed by atoms with Gasteiger partial charge < -0.3 is 9.73 Å². The molecule has 0 bridgehead atoms. The van der Waals surface area contributed by atoms with Crippen molar-refractivity contribution in [1.82, 2.24) is 5.32 Å². The van der Waals surface area contributed by atoms with Crippen LogP contribution < -0.4 is 5.32 Å². The number of halogens is 1. The molecule has 1 N–H and O–H groups in total. The van der Waals surface area contributed by atoms with Crippen molar-refractivity contribution >= 4 is 5.91 Å². The third-order valence-corrected chi connectivity index (χ3v) is 2.67. The van der Waals surface area contributed by atoms with E-state index in [4.69, 9.17) is 4.42 Å². The molecule has 0 fully saturated rings. The van der Waals surface area contributed by atoms with Crippen LogP contribution in [0.5, 0.6) is 0 Å². The highest BCUT2D eigenvalue weighted by molar-refractivity contribution is 5.94. The Morgan fingerprint density at radius 3 is 2.89 bits per heavy atom. The van der Waals surface area contributed by atoms with Crippen LogP contribution in [0.2, 0.25) is 0 Å². The smallest absolute Gasteiger partial charge is 0.254 e. The topological polar surface area (TPSA) is 42.2 Å². The van der Waals surface area contributed by atoms with E-state index >= 15 is 0 Å². The Hall–Kier alpha value is -2.10. The van der Waals surface area contributed by atoms with Crippen LogP contribution >= 0.6 is 0 Å². The summed E-state index contributed by atoms with van der Waals surface area (Å²) in [6.07, 6.45) is 2.17. The monoisotopic (exact) mass is 247 g/mol. The summed E-state index contributed by atoms with van der Waals surface area (Å²) in [6.45, 7) is 2.05. The minimum absolute atomic E-state index is 0.0782. The van der Waals surface area contributed by atoms with Gasteiger partial charge in [0.05, 0.1) is 11.8 Å². The highest BCUT2D eigenvalue weighted by atomic mass is 19.1. The van der Waals surface area contributed by atoms with E-state index in [1.807, 2.05) is 6.07 Å². The molecule has 0 saturated carbocycles. The lowest BCUT2D eigenvalue weighted by Gasteiger charge is -2.06. The Labute approximate surface area is 105 Å². The van der Waals surface area contributed by atoms with Gasteiger partial charge in [0.15, 0.2) is 0 Å². The number of rotatable bonds is 4. The number of carbonyl (C=O) groups excluding carboxylic acids is 1. The predicted molar refractivity (Wildman–Crippen MR) is 65.9 cm³/mol. The van der Waals surface area contributed by atoms with Gasteiger partial charge in [0.25, 0.3) is 5.91 Å². The van der Waals surface area contributed by atoms with Crippen LogP contribution in [0.3, 0.4) is 0 Å². The zero-order valence-corrected chi connectivity index (χ0v) is 10.1. The summed E-state index contributed by atoms with van der Waals surface area (Å²) in [5.41, 5.74) is 0.545. The summed E-state index contributed by atoms with van der Waals surface area (Å²) in [5, 5.41) is 2.67. The van der Waals surface area contributed by atoms with Crippen molar-refractivity contribution in [1.29, 1.82) is 0 Å². The van der Waals surface area contributed by atoms with Crippen molar-refractivity contribution in [2.75, 3.05) is 6.54 Å². The van der Waals surface area contributed by atoms with Crippen molar-refractivity contribution in [3.8, 4) is 0 Å². The van der Waals surface area contributed by atoms with Crippen LogP contribution in [-0.4, -0.2) is 12.5 Å². The minimum Gasteiger partial charge on any atom is -0.469 e. The molecule has 0 atom stereocenters. The highest BCUT2D eigenvalue weighted by Gasteiger charge is 2.12. The van der Waals surface area contributed by atoms with E-state index in [9.17, 15) is 9.18 Å². The summed E-state index contributed by atoms with van der Waals surface area (Å²) < 4.78 is 18.8. The number of furan rings is 1. The molecule has 0 radical (unpaired) electrons. The van der Waals surface area contributed by atoms with Gasteiger partial charge in [0.2, 0.25) is 0 Å². The van der Waals surface area contributed by atoms with Gasteiger partial charge in [-0.25, -0.2) is 4.39 Å². The molecule has 2 aromatic rings. The van der Waals surface area contributed by atoms with Crippen LogP contribution in [0.15, 0.2) is 41.0 Å². The number of benzene rings is 1. The Kier molecular flexibility index (Phi) is 3.77. The van der Waals surface area contributed by atoms with Gasteiger partial charge in [-0.3, -0.25) is 4.79 Å². The first-order chi connectivity index (χ1) is 8.68. The molecular weight excluding hydrogens is 233 g/mol. The fourth-order valence-corrected chi connectivity index (χ4v) is 1.67. The van der Waals surface area contributed by atoms with Gasteiger partial charge in [0, 0.05) is 13.0 Å². The lowest BCUT2D eigenvalue weighted by molar-refractivity contribution is 0.0949. The van der Waals surface area contributed by atoms with Crippen molar-refractivity contribution < 1.29 is 13.6 Å². The molecular formula is C14H14FNO2. The molecule has 1 aromatic heterocycles. The van der Waals surface area contributed by atoms with Gasteiger partial charge in [-0.15, -0.1) is 0 Å². The van der Waals surface area contributed by atoms with E-state index in [0.717, 1.165) is 5.76 Å². The summed E-state index contributed by atoms with van der Waals surface area (Å²) >= 11 is 0. The molecule has 1 amide bonds. The fraction of sp³-hybridized carbons (Fsp3) is 0.214. The number of hydrogen-bond acceptors (Lipinski definition) is 2. The van der Waals surface area contributed by atoms with Crippen molar-refractivity contribution in [3.05, 3.63) is 59.3 Å². The fourth-order valence-electron chi connectivity index (χ4n) is 1.67. The van der Waals surface area contributed by atoms with Crippen LogP contribution in [0.25, 0.3) is 0 Å². The Balaban J connectivity index is 1.93. The normalized spacial score (nSPS) is 10.3. The molecule has 1 aromatic carbocycles. The lowest BCUT2D eigenvalue weighted by Crippen LogP contribution is -2.26. The average Bonchev–Trinajstić information content (AvgIpc) is 2.85. The summed E-state index contributed by atoms with van der Waals surface area (Å²) in [6, 6.07) is 8.40. The quantitative estimate of drug-likeness (QED) is 0.902. The standard InChI is InChI=1S/C14H14FNO2/c1-10-4-2-6-12(13(10)15)14(17)16-8-7-11-5-3-9-18-11/h2-6,9H,7-8H2,1H3,(H,16,17). The lowest BCUT2D eigenvalue weighted by atomic mass is 10.1. The zero-order chi connectivity index (χ0) is 13.0. The van der Waals surface area contributed by atoms with E-state index in [2.05, 4.69) is 5.32 Å². The first kappa shape index (κ1) is 12.4. The number of aryl methyl sites for hydroxylation is 1. The Morgan fingerprint density at radius 2 is 2.17 bits per heavy atom. The first-order valence-corrected chi connectivity index (χ1v) is 5.74. The molecule has 0 saturated heterocycles. The van der Waals surface area contributed by atoms with Gasteiger partial charge >= 0.3 is 0 Å². The molecule has 0 unspecified atom stereocenters. The van der Waals surface area contributed by atoms with Crippen molar-refractivity contribution in [2.45, 2.75) is 13.3 Å². The second-order valence-electron chi connectivity index (χ2n) is 4.02. The van der Waals surface area contributed by atoms with Crippen LogP contribution in [0.4, 0.5) is 4.39 Å². The maximum Gasteiger partial charge on any atom is 0.254 e. The molecule has 0 spiro atoms. The zero-order valence-electron chi connectivity index (χ0n) is 10.1. The van der Waals surface area contributed by atoms with Crippen molar-refractivity contribution in [2.24, 2.45) is 0 Å². The van der Waals surface area contributed by atoms with Crippen LogP contribution in [0, 0.1) is 12.7 Å². The Bertz CT molecular complexity index is 535. The largest absolute Gasteiger partial charge is 0.469 e. The molecule has 0 aliphatic heterocycles. The maximum absolute atomic E-state index is 13.7. The van der Waals surface area contributed by atoms with E-state index in [-0.39, 0.29) is 5.56 Å². The third kappa shape index (κ3) is 2.77. The number of hydrogen-bond donors (Lipinski definition) is 1. The summed E-state index contributed by atoms with van der Waals surface area (Å²) in [5.74, 6) is -0.0734. The van der Waals surface area contributed by atoms with Gasteiger partial charge in [0.1, 0.15) is 11.6 Å². The Morgan fingerprint density at radius 1 is 1.33 bits per heavy atom. The minimum atomic E-state index is -0.465. The van der Waals surface area contributed by atoms with Crippen molar-refractivity contribution in [3.63, 3.8) is 0 Å². The molecule has 2 rings (SSSR count). The van der Waals surface area contributed by atoms with E-state index in [1.54, 1.807) is 31.4 Å².